The summed E-state index contributed by atoms with van der Waals surface area (Å²) in [6, 6.07) is 1.21. The van der Waals surface area contributed by atoms with Crippen molar-refractivity contribution in [3.05, 3.63) is 25.5 Å². The molecule has 0 bridgehead atoms. The van der Waals surface area contributed by atoms with Crippen LogP contribution >= 0.6 is 45.8 Å². The Labute approximate surface area is 91.2 Å². The summed E-state index contributed by atoms with van der Waals surface area (Å²) in [6.07, 6.45) is -2.62. The molecule has 1 heterocycles. The molecule has 6 heteroatoms. The minimum Gasteiger partial charge on any atom is -0.229 e. The molecule has 1 nitrogen and oxygen atoms in total. The number of nitrogens with zero attached hydrogens (tertiary/aromatic N) is 1. The Morgan fingerprint density at radius 3 is 2.50 bits per heavy atom. The van der Waals surface area contributed by atoms with E-state index in [2.05, 4.69) is 4.98 Å². The van der Waals surface area contributed by atoms with Gasteiger partial charge in [-0.3, -0.25) is 0 Å². The first-order chi connectivity index (χ1) is 5.52. The van der Waals surface area contributed by atoms with Crippen LogP contribution in [0.1, 0.15) is 12.0 Å². The van der Waals surface area contributed by atoms with Gasteiger partial charge in [-0.05, 0) is 28.7 Å². The maximum atomic E-state index is 12.2. The van der Waals surface area contributed by atoms with Crippen LogP contribution in [-0.4, -0.2) is 4.98 Å². The summed E-state index contributed by atoms with van der Waals surface area (Å²) >= 11 is 12.8. The normalized spacial score (nSPS) is 10.8. The van der Waals surface area contributed by atoms with Crippen molar-refractivity contribution in [3.63, 3.8) is 0 Å². The standard InChI is InChI=1S/C6H2Cl2F2IN/c7-4-2(6(9)10)1-3(11)12-5(4)8/h1,6H. The largest absolute Gasteiger partial charge is 0.265 e. The van der Waals surface area contributed by atoms with E-state index < -0.39 is 6.43 Å². The summed E-state index contributed by atoms with van der Waals surface area (Å²) in [7, 11) is 0. The summed E-state index contributed by atoms with van der Waals surface area (Å²) < 4.78 is 24.8. The Morgan fingerprint density at radius 1 is 1.42 bits per heavy atom. The number of aromatic nitrogens is 1. The first-order valence-electron chi connectivity index (χ1n) is 2.82. The number of pyridine rings is 1. The fourth-order valence-electron chi connectivity index (χ4n) is 0.645. The van der Waals surface area contributed by atoms with Gasteiger partial charge in [-0.1, -0.05) is 23.2 Å². The molecular weight excluding hydrogens is 322 g/mol. The minimum absolute atomic E-state index is 0.0844. The van der Waals surface area contributed by atoms with Crippen molar-refractivity contribution in [1.82, 2.24) is 4.98 Å². The van der Waals surface area contributed by atoms with Crippen molar-refractivity contribution in [1.29, 1.82) is 0 Å². The zero-order valence-electron chi connectivity index (χ0n) is 5.49. The van der Waals surface area contributed by atoms with Crippen LogP contribution in [0.3, 0.4) is 0 Å². The smallest absolute Gasteiger partial charge is 0.229 e. The van der Waals surface area contributed by atoms with E-state index in [1.54, 1.807) is 22.6 Å². The van der Waals surface area contributed by atoms with Gasteiger partial charge < -0.3 is 0 Å². The second-order valence-electron chi connectivity index (χ2n) is 1.94. The molecule has 0 N–H and O–H groups in total. The van der Waals surface area contributed by atoms with E-state index in [4.69, 9.17) is 23.2 Å². The van der Waals surface area contributed by atoms with Crippen molar-refractivity contribution in [3.8, 4) is 0 Å². The third-order valence-electron chi connectivity index (χ3n) is 1.15. The molecule has 0 aliphatic carbocycles. The molecule has 0 aliphatic rings. The van der Waals surface area contributed by atoms with E-state index in [1.165, 1.54) is 6.07 Å². The summed E-state index contributed by atoms with van der Waals surface area (Å²) in [4.78, 5) is 3.70. The van der Waals surface area contributed by atoms with Gasteiger partial charge in [0.2, 0.25) is 0 Å². The second kappa shape index (κ2) is 4.02. The number of rotatable bonds is 1. The second-order valence-corrected chi connectivity index (χ2v) is 3.78. The molecule has 0 aliphatic heterocycles. The monoisotopic (exact) mass is 323 g/mol. The number of hydrogen-bond acceptors (Lipinski definition) is 1. The van der Waals surface area contributed by atoms with E-state index in [0.29, 0.717) is 3.70 Å². The van der Waals surface area contributed by atoms with Gasteiger partial charge in [0.05, 0.1) is 5.02 Å². The lowest BCUT2D eigenvalue weighted by Crippen LogP contribution is -1.91. The third kappa shape index (κ3) is 2.17. The van der Waals surface area contributed by atoms with Crippen molar-refractivity contribution in [2.24, 2.45) is 0 Å². The average molecular weight is 324 g/mol. The van der Waals surface area contributed by atoms with Crippen LogP contribution in [0.15, 0.2) is 6.07 Å². The summed E-state index contributed by atoms with van der Waals surface area (Å²) in [5.74, 6) is 0. The zero-order valence-corrected chi connectivity index (χ0v) is 9.16. The Balaban J connectivity index is 3.28. The average Bonchev–Trinajstić information content (AvgIpc) is 1.96. The molecule has 0 saturated heterocycles. The molecule has 0 atom stereocenters. The predicted octanol–water partition coefficient (Wildman–Crippen LogP) is 3.93. The number of alkyl halides is 2. The van der Waals surface area contributed by atoms with Crippen LogP contribution in [-0.2, 0) is 0 Å². The molecule has 0 amide bonds. The SMILES string of the molecule is FC(F)c1cc(I)nc(Cl)c1Cl. The highest BCUT2D eigenvalue weighted by Crippen LogP contribution is 2.32. The maximum Gasteiger partial charge on any atom is 0.265 e. The van der Waals surface area contributed by atoms with E-state index in [-0.39, 0.29) is 15.7 Å². The molecule has 0 aromatic carbocycles. The van der Waals surface area contributed by atoms with Gasteiger partial charge in [0.25, 0.3) is 6.43 Å². The van der Waals surface area contributed by atoms with Crippen molar-refractivity contribution >= 4 is 45.8 Å². The van der Waals surface area contributed by atoms with Crippen molar-refractivity contribution < 1.29 is 8.78 Å². The molecule has 66 valence electrons. The maximum absolute atomic E-state index is 12.2. The van der Waals surface area contributed by atoms with Crippen molar-refractivity contribution in [2.75, 3.05) is 0 Å². The van der Waals surface area contributed by atoms with Crippen LogP contribution in [0, 0.1) is 3.70 Å². The van der Waals surface area contributed by atoms with Gasteiger partial charge in [0.15, 0.2) is 0 Å². The fraction of sp³-hybridized carbons (Fsp3) is 0.167. The highest BCUT2D eigenvalue weighted by molar-refractivity contribution is 14.1. The summed E-state index contributed by atoms with van der Waals surface area (Å²) in [6.45, 7) is 0. The van der Waals surface area contributed by atoms with E-state index in [9.17, 15) is 8.78 Å². The summed E-state index contributed by atoms with van der Waals surface area (Å²) in [5, 5.41) is -0.258. The highest BCUT2D eigenvalue weighted by atomic mass is 127. The molecule has 0 fully saturated rings. The van der Waals surface area contributed by atoms with Gasteiger partial charge >= 0.3 is 0 Å². The molecular formula is C6H2Cl2F2IN. The zero-order chi connectivity index (χ0) is 9.30. The third-order valence-corrected chi connectivity index (χ3v) is 2.47. The van der Waals surface area contributed by atoms with Crippen LogP contribution in [0.5, 0.6) is 0 Å². The molecule has 0 saturated carbocycles. The highest BCUT2D eigenvalue weighted by Gasteiger charge is 2.16. The minimum atomic E-state index is -2.62. The van der Waals surface area contributed by atoms with Crippen molar-refractivity contribution in [2.45, 2.75) is 6.43 Å². The molecule has 12 heavy (non-hydrogen) atoms. The van der Waals surface area contributed by atoms with E-state index in [1.807, 2.05) is 0 Å². The lowest BCUT2D eigenvalue weighted by molar-refractivity contribution is 0.151. The van der Waals surface area contributed by atoms with Gasteiger partial charge in [-0.15, -0.1) is 0 Å². The molecule has 0 radical (unpaired) electrons. The fourth-order valence-corrected chi connectivity index (χ4v) is 1.74. The quantitative estimate of drug-likeness (QED) is 0.563. The molecule has 0 unspecified atom stereocenters. The first-order valence-corrected chi connectivity index (χ1v) is 4.65. The lowest BCUT2D eigenvalue weighted by Gasteiger charge is -2.03. The van der Waals surface area contributed by atoms with E-state index >= 15 is 0 Å². The van der Waals surface area contributed by atoms with Crippen LogP contribution < -0.4 is 0 Å². The number of halogens is 5. The predicted molar refractivity (Wildman–Crippen MR) is 51.9 cm³/mol. The number of hydrogen-bond donors (Lipinski definition) is 0. The Hall–Kier alpha value is 0.320. The van der Waals surface area contributed by atoms with Gasteiger partial charge in [0, 0.05) is 5.56 Å². The Bertz CT molecular complexity index is 306. The Kier molecular flexibility index (Phi) is 3.48. The van der Waals surface area contributed by atoms with E-state index in [0.717, 1.165) is 0 Å². The molecule has 1 rings (SSSR count). The molecule has 0 spiro atoms. The first kappa shape index (κ1) is 10.4. The van der Waals surface area contributed by atoms with Crippen LogP contribution in [0.2, 0.25) is 10.2 Å². The topological polar surface area (TPSA) is 12.9 Å². The van der Waals surface area contributed by atoms with Crippen LogP contribution in [0.25, 0.3) is 0 Å². The van der Waals surface area contributed by atoms with Gasteiger partial charge in [-0.2, -0.15) is 0 Å². The Morgan fingerprint density at radius 2 is 2.00 bits per heavy atom. The van der Waals surface area contributed by atoms with Gasteiger partial charge in [0.1, 0.15) is 8.85 Å². The molecule has 1 aromatic rings. The summed E-state index contributed by atoms with van der Waals surface area (Å²) in [5.41, 5.74) is -0.277. The molecule has 1 aromatic heterocycles. The van der Waals surface area contributed by atoms with Gasteiger partial charge in [-0.25, -0.2) is 13.8 Å². The lowest BCUT2D eigenvalue weighted by atomic mass is 10.3. The van der Waals surface area contributed by atoms with Crippen LogP contribution in [0.4, 0.5) is 8.78 Å².